The van der Waals surface area contributed by atoms with Crippen LogP contribution in [0.4, 0.5) is 20.4 Å². The smallest absolute Gasteiger partial charge is 0.230 e. The van der Waals surface area contributed by atoms with Gasteiger partial charge in [-0.05, 0) is 75.6 Å². The molecule has 4 aromatic rings. The molecule has 1 amide bonds. The molecule has 0 unspecified atom stereocenters. The van der Waals surface area contributed by atoms with E-state index in [-0.39, 0.29) is 36.7 Å². The molecule has 0 radical (unpaired) electrons. The number of rotatable bonds is 9. The van der Waals surface area contributed by atoms with E-state index in [1.165, 1.54) is 24.3 Å². The van der Waals surface area contributed by atoms with Crippen molar-refractivity contribution in [2.24, 2.45) is 5.41 Å². The summed E-state index contributed by atoms with van der Waals surface area (Å²) in [6, 6.07) is 13.5. The Labute approximate surface area is 236 Å². The second-order valence-electron chi connectivity index (χ2n) is 10.3. The fourth-order valence-electron chi connectivity index (χ4n) is 4.23. The standard InChI is InChI=1S/C29H31F2N7O3/c1-29(27(39)32-14-15-38(2)3)16-40-26(41-17-29)25-36-23(18-4-6-19(30)7-5-18)24(37-25)22-12-13-33-28(35-22)34-21-10-8-20(31)9-11-21/h4-13,26H,14-17H2,1-3H3,(H,32,39)(H,36,37)(H,33,34,35). The lowest BCUT2D eigenvalue weighted by atomic mass is 9.91. The quantitative estimate of drug-likeness (QED) is 0.276. The maximum absolute atomic E-state index is 13.7. The second kappa shape index (κ2) is 12.1. The van der Waals surface area contributed by atoms with Crippen LogP contribution < -0.4 is 10.6 Å². The third-order valence-electron chi connectivity index (χ3n) is 6.57. The van der Waals surface area contributed by atoms with E-state index in [2.05, 4.69) is 25.6 Å². The van der Waals surface area contributed by atoms with Gasteiger partial charge in [-0.25, -0.2) is 23.7 Å². The van der Waals surface area contributed by atoms with Gasteiger partial charge >= 0.3 is 0 Å². The summed E-state index contributed by atoms with van der Waals surface area (Å²) in [4.78, 5) is 31.7. The fourth-order valence-corrected chi connectivity index (χ4v) is 4.23. The number of halogens is 2. The van der Waals surface area contributed by atoms with Gasteiger partial charge < -0.3 is 30.0 Å². The van der Waals surface area contributed by atoms with Gasteiger partial charge in [-0.2, -0.15) is 0 Å². The van der Waals surface area contributed by atoms with Crippen molar-refractivity contribution in [1.29, 1.82) is 0 Å². The number of anilines is 2. The van der Waals surface area contributed by atoms with Crippen LogP contribution in [0.1, 0.15) is 19.0 Å². The van der Waals surface area contributed by atoms with Gasteiger partial charge in [0.2, 0.25) is 18.1 Å². The van der Waals surface area contributed by atoms with Crippen LogP contribution in [-0.2, 0) is 14.3 Å². The van der Waals surface area contributed by atoms with Crippen LogP contribution in [0.5, 0.6) is 0 Å². The minimum Gasteiger partial charge on any atom is -0.354 e. The Kier molecular flexibility index (Phi) is 8.34. The van der Waals surface area contributed by atoms with E-state index < -0.39 is 11.7 Å². The van der Waals surface area contributed by atoms with Crippen molar-refractivity contribution in [1.82, 2.24) is 30.2 Å². The molecule has 1 aliphatic rings. The lowest BCUT2D eigenvalue weighted by Gasteiger charge is -2.35. The predicted octanol–water partition coefficient (Wildman–Crippen LogP) is 4.29. The molecule has 10 nitrogen and oxygen atoms in total. The molecule has 1 aliphatic heterocycles. The third-order valence-corrected chi connectivity index (χ3v) is 6.57. The third kappa shape index (κ3) is 6.73. The topological polar surface area (TPSA) is 117 Å². The van der Waals surface area contributed by atoms with Gasteiger partial charge in [-0.15, -0.1) is 0 Å². The average molecular weight is 564 g/mol. The number of likely N-dealkylation sites (N-methyl/N-ethyl adjacent to an activating group) is 1. The lowest BCUT2D eigenvalue weighted by Crippen LogP contribution is -2.49. The minimum atomic E-state index is -0.857. The normalized spacial score (nSPS) is 18.8. The second-order valence-corrected chi connectivity index (χ2v) is 10.3. The van der Waals surface area contributed by atoms with Gasteiger partial charge in [0.25, 0.3) is 0 Å². The van der Waals surface area contributed by atoms with Crippen LogP contribution in [-0.4, -0.2) is 71.1 Å². The highest BCUT2D eigenvalue weighted by molar-refractivity contribution is 5.82. The van der Waals surface area contributed by atoms with Crippen LogP contribution in [0.25, 0.3) is 22.6 Å². The number of aromatic amines is 1. The Morgan fingerprint density at radius 2 is 1.68 bits per heavy atom. The first-order valence-corrected chi connectivity index (χ1v) is 13.1. The number of ether oxygens (including phenoxy) is 2. The molecule has 1 fully saturated rings. The summed E-state index contributed by atoms with van der Waals surface area (Å²) < 4.78 is 39.0. The number of amides is 1. The number of H-pyrrole nitrogens is 1. The molecule has 0 atom stereocenters. The first kappa shape index (κ1) is 28.3. The predicted molar refractivity (Wildman–Crippen MR) is 149 cm³/mol. The van der Waals surface area contributed by atoms with E-state index in [0.717, 1.165) is 6.54 Å². The molecule has 3 N–H and O–H groups in total. The average Bonchev–Trinajstić information content (AvgIpc) is 3.40. The van der Waals surface area contributed by atoms with Crippen molar-refractivity contribution in [3.8, 4) is 22.6 Å². The van der Waals surface area contributed by atoms with Crippen LogP contribution in [0.3, 0.4) is 0 Å². The van der Waals surface area contributed by atoms with Crippen LogP contribution in [0, 0.1) is 17.0 Å². The summed E-state index contributed by atoms with van der Waals surface area (Å²) in [7, 11) is 3.88. The molecule has 5 rings (SSSR count). The van der Waals surface area contributed by atoms with Gasteiger partial charge in [-0.3, -0.25) is 4.79 Å². The SMILES string of the molecule is CN(C)CCNC(=O)C1(C)COC(c2nc(-c3ccc(F)cc3)c(-c3ccnc(Nc4ccc(F)cc4)n3)[nH]2)OC1. The fraction of sp³-hybridized carbons (Fsp3) is 0.310. The van der Waals surface area contributed by atoms with E-state index in [1.807, 2.05) is 19.0 Å². The number of aromatic nitrogens is 4. The zero-order chi connectivity index (χ0) is 29.0. The first-order valence-electron chi connectivity index (χ1n) is 13.1. The molecule has 2 aromatic carbocycles. The van der Waals surface area contributed by atoms with E-state index in [9.17, 15) is 13.6 Å². The van der Waals surface area contributed by atoms with Gasteiger partial charge in [0, 0.05) is 30.5 Å². The molecule has 1 saturated heterocycles. The number of carbonyl (C=O) groups excluding carboxylic acids is 1. The largest absolute Gasteiger partial charge is 0.354 e. The molecule has 2 aromatic heterocycles. The van der Waals surface area contributed by atoms with Crippen LogP contribution >= 0.6 is 0 Å². The Morgan fingerprint density at radius 1 is 1.02 bits per heavy atom. The molecular weight excluding hydrogens is 532 g/mol. The summed E-state index contributed by atoms with van der Waals surface area (Å²) in [6.07, 6.45) is 0.723. The van der Waals surface area contributed by atoms with Gasteiger partial charge in [-0.1, -0.05) is 0 Å². The molecule has 0 bridgehead atoms. The van der Waals surface area contributed by atoms with Crippen molar-refractivity contribution in [2.45, 2.75) is 13.2 Å². The summed E-state index contributed by atoms with van der Waals surface area (Å²) in [5.74, 6) is -0.206. The highest BCUT2D eigenvalue weighted by Crippen LogP contribution is 2.35. The number of benzene rings is 2. The van der Waals surface area contributed by atoms with Crippen LogP contribution in [0.2, 0.25) is 0 Å². The molecule has 0 spiro atoms. The van der Waals surface area contributed by atoms with Gasteiger partial charge in [0.1, 0.15) is 11.6 Å². The molecule has 41 heavy (non-hydrogen) atoms. The minimum absolute atomic E-state index is 0.132. The zero-order valence-electron chi connectivity index (χ0n) is 22.9. The molecule has 3 heterocycles. The van der Waals surface area contributed by atoms with E-state index in [1.54, 1.807) is 43.5 Å². The Balaban J connectivity index is 1.39. The molecule has 0 aliphatic carbocycles. The summed E-state index contributed by atoms with van der Waals surface area (Å²) >= 11 is 0. The van der Waals surface area contributed by atoms with Gasteiger partial charge in [0.05, 0.1) is 35.7 Å². The van der Waals surface area contributed by atoms with E-state index in [4.69, 9.17) is 14.5 Å². The number of imidazole rings is 1. The Morgan fingerprint density at radius 3 is 2.34 bits per heavy atom. The van der Waals surface area contributed by atoms with Crippen molar-refractivity contribution in [2.75, 3.05) is 45.7 Å². The number of hydrogen-bond donors (Lipinski definition) is 3. The number of nitrogens with zero attached hydrogens (tertiary/aromatic N) is 4. The summed E-state index contributed by atoms with van der Waals surface area (Å²) in [5, 5.41) is 5.99. The molecule has 214 valence electrons. The van der Waals surface area contributed by atoms with Crippen molar-refractivity contribution in [3.05, 3.63) is 78.3 Å². The lowest BCUT2D eigenvalue weighted by molar-refractivity contribution is -0.231. The molecular formula is C29H31F2N7O3. The van der Waals surface area contributed by atoms with E-state index in [0.29, 0.717) is 40.7 Å². The molecule has 12 heteroatoms. The van der Waals surface area contributed by atoms with Crippen molar-refractivity contribution >= 4 is 17.5 Å². The highest BCUT2D eigenvalue weighted by atomic mass is 19.1. The van der Waals surface area contributed by atoms with E-state index >= 15 is 0 Å². The molecule has 0 saturated carbocycles. The first-order chi connectivity index (χ1) is 19.7. The highest BCUT2D eigenvalue weighted by Gasteiger charge is 2.40. The number of hydrogen-bond acceptors (Lipinski definition) is 8. The Bertz CT molecular complexity index is 1490. The maximum atomic E-state index is 13.7. The van der Waals surface area contributed by atoms with Crippen molar-refractivity contribution < 1.29 is 23.0 Å². The van der Waals surface area contributed by atoms with Crippen LogP contribution in [0.15, 0.2) is 60.8 Å². The summed E-state index contributed by atoms with van der Waals surface area (Å²) in [5.41, 5.74) is 1.96. The number of carbonyl (C=O) groups is 1. The monoisotopic (exact) mass is 563 g/mol. The van der Waals surface area contributed by atoms with Crippen molar-refractivity contribution in [3.63, 3.8) is 0 Å². The van der Waals surface area contributed by atoms with Gasteiger partial charge in [0.15, 0.2) is 5.82 Å². The maximum Gasteiger partial charge on any atom is 0.230 e. The zero-order valence-corrected chi connectivity index (χ0v) is 22.9. The number of nitrogens with one attached hydrogen (secondary N) is 3. The Hall–Kier alpha value is -4.26. The summed E-state index contributed by atoms with van der Waals surface area (Å²) in [6.45, 7) is 3.30.